The van der Waals surface area contributed by atoms with Gasteiger partial charge in [-0.05, 0) is 156 Å². The van der Waals surface area contributed by atoms with Crippen LogP contribution in [-0.4, -0.2) is 35.5 Å². The van der Waals surface area contributed by atoms with Gasteiger partial charge in [0.1, 0.15) is 0 Å². The largest absolute Gasteiger partial charge is 0.311 e. The summed E-state index contributed by atoms with van der Waals surface area (Å²) in [4.78, 5) is 5.43. The highest BCUT2D eigenvalue weighted by Gasteiger charge is 2.50. The molecule has 0 fully saturated rings. The molecule has 3 heterocycles. The van der Waals surface area contributed by atoms with Crippen molar-refractivity contribution in [3.05, 3.63) is 448 Å². The summed E-state index contributed by atoms with van der Waals surface area (Å²) in [7, 11) is -9.39. The van der Waals surface area contributed by atoms with E-state index in [1.165, 1.54) is 112 Å². The lowest BCUT2D eigenvalue weighted by atomic mass is 9.33. The molecule has 0 saturated heterocycles. The van der Waals surface area contributed by atoms with Gasteiger partial charge < -0.3 is 14.4 Å². The molecule has 0 spiro atoms. The summed E-state index contributed by atoms with van der Waals surface area (Å²) in [5.74, 6) is 0. The topological polar surface area (TPSA) is 11.4 Å². The minimum absolute atomic E-state index is 0.248. The number of hydrogen-bond donors (Lipinski definition) is 0. The third-order valence-electron chi connectivity index (χ3n) is 24.3. The normalized spacial score (nSPS) is 12.7. The number of anilines is 6. The van der Waals surface area contributed by atoms with Crippen LogP contribution in [-0.2, 0) is 5.41 Å². The standard InChI is InChI=1S/C106H82BN3Si3/c1-106(2,3)78-71-96(77-39-14-4-15-40-77)105-98(72-78)107-97-70-69-93(113(88-54-28-11-29-55-88,89-56-30-12-31-57-89)90-58-32-13-33-59-90)76-101(97)108(80-41-38-60-92(73-80)112(85-48-22-8-23-49-85,86-50-24-9-25-51-86)87-52-26-10-27-53-87)102-74-81(109-99-63-36-34-61-94(99)95-62-35-37-64-100(95)109)75-103(104(102)107)110(105)79-65-67-91(68-66-79)111(82-42-16-5-17-43-82,83-44-18-6-19-45-83)84-46-20-7-21-47-84/h4-76H,1-3H3. The maximum Gasteiger partial charge on any atom is 0.252 e. The van der Waals surface area contributed by atoms with Gasteiger partial charge in [-0.25, -0.2) is 0 Å². The van der Waals surface area contributed by atoms with E-state index in [0.29, 0.717) is 0 Å². The monoisotopic (exact) mass is 1490 g/mol. The fraction of sp³-hybridized carbons (Fsp3) is 0.0377. The Bertz CT molecular complexity index is 6170. The van der Waals surface area contributed by atoms with Gasteiger partial charge >= 0.3 is 0 Å². The van der Waals surface area contributed by atoms with E-state index in [0.717, 1.165) is 45.2 Å². The van der Waals surface area contributed by atoms with Crippen molar-refractivity contribution in [1.29, 1.82) is 0 Å². The molecule has 7 heteroatoms. The van der Waals surface area contributed by atoms with Crippen molar-refractivity contribution in [2.75, 3.05) is 9.80 Å². The predicted molar refractivity (Wildman–Crippen MR) is 490 cm³/mol. The molecule has 0 aliphatic carbocycles. The molecule has 1 aromatic heterocycles. The fourth-order valence-electron chi connectivity index (χ4n) is 19.4. The van der Waals surface area contributed by atoms with E-state index in [1.807, 2.05) is 0 Å². The number of nitrogens with zero attached hydrogens (tertiary/aromatic N) is 3. The first-order chi connectivity index (χ1) is 55.7. The SMILES string of the molecule is CC(C)(C)c1cc2c(c(-c3ccccc3)c1)N(c1ccc([Si](c3ccccc3)(c3ccccc3)c3ccccc3)cc1)c1cc(-n3c4ccccc4c4ccccc43)cc3c1B2c1ccc([Si](c2ccccc2)(c2ccccc2)c2ccccc2)cc1N3c1cccc([Si](c2ccccc2)(c2ccccc2)c2ccccc2)c1. The number of aromatic nitrogens is 1. The minimum atomic E-state index is -3.23. The van der Waals surface area contributed by atoms with Crippen LogP contribution in [0.5, 0.6) is 0 Å². The Labute approximate surface area is 666 Å². The van der Waals surface area contributed by atoms with Crippen LogP contribution in [0.4, 0.5) is 34.1 Å². The maximum atomic E-state index is 2.73. The van der Waals surface area contributed by atoms with Gasteiger partial charge in [0.15, 0.2) is 24.2 Å². The molecule has 0 unspecified atom stereocenters. The van der Waals surface area contributed by atoms with Crippen LogP contribution in [0.2, 0.25) is 0 Å². The molecule has 113 heavy (non-hydrogen) atoms. The molecule has 18 aromatic rings. The molecule has 3 nitrogen and oxygen atoms in total. The van der Waals surface area contributed by atoms with Gasteiger partial charge in [0.2, 0.25) is 0 Å². The molecule has 0 bridgehead atoms. The van der Waals surface area contributed by atoms with E-state index in [-0.39, 0.29) is 12.1 Å². The summed E-state index contributed by atoms with van der Waals surface area (Å²) in [6.45, 7) is 6.91. The van der Waals surface area contributed by atoms with E-state index in [4.69, 9.17) is 0 Å². The van der Waals surface area contributed by atoms with Crippen molar-refractivity contribution >= 4 is 165 Å². The lowest BCUT2D eigenvalue weighted by molar-refractivity contribution is 0.591. The summed E-state index contributed by atoms with van der Waals surface area (Å²) in [6, 6.07) is 170. The second-order valence-corrected chi connectivity index (χ2v) is 42.8. The molecule has 20 rings (SSSR count). The molecule has 0 radical (unpaired) electrons. The molecule has 536 valence electrons. The first kappa shape index (κ1) is 69.1. The lowest BCUT2D eigenvalue weighted by Crippen LogP contribution is -2.75. The third-order valence-corrected chi connectivity index (χ3v) is 38.7. The van der Waals surface area contributed by atoms with Crippen LogP contribution in [0.3, 0.4) is 0 Å². The summed E-state index contributed by atoms with van der Waals surface area (Å²) < 4.78 is 2.56. The Kier molecular flexibility index (Phi) is 17.3. The average Bonchev–Trinajstić information content (AvgIpc) is 1.22. The fourth-order valence-corrected chi connectivity index (χ4v) is 33.7. The van der Waals surface area contributed by atoms with Crippen LogP contribution >= 0.6 is 0 Å². The van der Waals surface area contributed by atoms with Crippen molar-refractivity contribution in [3.63, 3.8) is 0 Å². The highest BCUT2D eigenvalue weighted by Crippen LogP contribution is 2.50. The number of benzene rings is 17. The highest BCUT2D eigenvalue weighted by atomic mass is 28.3. The molecule has 0 N–H and O–H groups in total. The van der Waals surface area contributed by atoms with Gasteiger partial charge in [-0.3, -0.25) is 0 Å². The molecule has 0 saturated carbocycles. The molecule has 0 atom stereocenters. The second-order valence-electron chi connectivity index (χ2n) is 31.4. The van der Waals surface area contributed by atoms with Gasteiger partial charge in [0.05, 0.1) is 16.7 Å². The molecule has 2 aliphatic rings. The van der Waals surface area contributed by atoms with Crippen molar-refractivity contribution in [2.45, 2.75) is 26.2 Å². The highest BCUT2D eigenvalue weighted by molar-refractivity contribution is 7.21. The molecule has 2 aliphatic heterocycles. The van der Waals surface area contributed by atoms with Crippen LogP contribution in [0.25, 0.3) is 38.6 Å². The minimum Gasteiger partial charge on any atom is -0.311 e. The van der Waals surface area contributed by atoms with E-state index in [1.54, 1.807) is 0 Å². The Hall–Kier alpha value is -13.1. The van der Waals surface area contributed by atoms with Crippen LogP contribution in [0, 0.1) is 0 Å². The Morgan fingerprint density at radius 1 is 0.239 bits per heavy atom. The van der Waals surface area contributed by atoms with Gasteiger partial charge in [0, 0.05) is 50.5 Å². The maximum absolute atomic E-state index is 3.23. The van der Waals surface area contributed by atoms with Crippen LogP contribution < -0.4 is 88.4 Å². The number of para-hydroxylation sites is 2. The van der Waals surface area contributed by atoms with E-state index in [2.05, 4.69) is 478 Å². The average molecular weight is 1490 g/mol. The van der Waals surface area contributed by atoms with Crippen molar-refractivity contribution in [1.82, 2.24) is 4.57 Å². The molecule has 0 amide bonds. The molecular formula is C106H82BN3Si3. The first-order valence-electron chi connectivity index (χ1n) is 39.6. The quantitative estimate of drug-likeness (QED) is 0.0706. The number of rotatable bonds is 16. The zero-order valence-corrected chi connectivity index (χ0v) is 66.6. The Balaban J connectivity index is 0.953. The first-order valence-corrected chi connectivity index (χ1v) is 45.6. The predicted octanol–water partition coefficient (Wildman–Crippen LogP) is 16.0. The van der Waals surface area contributed by atoms with Gasteiger partial charge in [0.25, 0.3) is 6.71 Å². The van der Waals surface area contributed by atoms with E-state index >= 15 is 0 Å². The number of hydrogen-bond acceptors (Lipinski definition) is 2. The van der Waals surface area contributed by atoms with Gasteiger partial charge in [-0.15, -0.1) is 0 Å². The van der Waals surface area contributed by atoms with Crippen molar-refractivity contribution in [3.8, 4) is 16.8 Å². The lowest BCUT2D eigenvalue weighted by Gasteiger charge is -2.46. The van der Waals surface area contributed by atoms with Crippen molar-refractivity contribution < 1.29 is 0 Å². The van der Waals surface area contributed by atoms with Gasteiger partial charge in [-0.2, -0.15) is 0 Å². The van der Waals surface area contributed by atoms with Crippen LogP contribution in [0.1, 0.15) is 26.3 Å². The zero-order valence-electron chi connectivity index (χ0n) is 63.6. The summed E-state index contributed by atoms with van der Waals surface area (Å²) in [5.41, 5.74) is 17.3. The Morgan fingerprint density at radius 3 is 0.982 bits per heavy atom. The second kappa shape index (κ2) is 28.3. The third kappa shape index (κ3) is 11.2. The van der Waals surface area contributed by atoms with Gasteiger partial charge in [-0.1, -0.05) is 403 Å². The van der Waals surface area contributed by atoms with E-state index in [9.17, 15) is 0 Å². The molecular weight excluding hydrogens is 1410 g/mol. The van der Waals surface area contributed by atoms with Crippen LogP contribution in [0.15, 0.2) is 443 Å². The van der Waals surface area contributed by atoms with Crippen molar-refractivity contribution in [2.24, 2.45) is 0 Å². The zero-order chi connectivity index (χ0) is 75.7. The summed E-state index contributed by atoms with van der Waals surface area (Å²) in [5, 5.41) is 18.3. The number of fused-ring (bicyclic) bond motifs is 7. The molecule has 17 aromatic carbocycles. The smallest absolute Gasteiger partial charge is 0.252 e. The summed E-state index contributed by atoms with van der Waals surface area (Å²) in [6.07, 6.45) is 0. The Morgan fingerprint density at radius 2 is 0.575 bits per heavy atom. The summed E-state index contributed by atoms with van der Waals surface area (Å²) >= 11 is 0. The van der Waals surface area contributed by atoms with E-state index < -0.39 is 24.2 Å².